The number of carbonyl (C=O) groups excluding carboxylic acids is 1. The number of nitrogens with zero attached hydrogens (tertiary/aromatic N) is 3. The highest BCUT2D eigenvalue weighted by Crippen LogP contribution is 2.28. The fraction of sp³-hybridized carbons (Fsp3) is 0.318. The maximum absolute atomic E-state index is 13.3. The summed E-state index contributed by atoms with van der Waals surface area (Å²) in [5, 5.41) is 12.0. The summed E-state index contributed by atoms with van der Waals surface area (Å²) < 4.78 is 26.3. The molecular weight excluding hydrogens is 455 g/mol. The first kappa shape index (κ1) is 22.6. The van der Waals surface area contributed by atoms with Crippen molar-refractivity contribution in [2.45, 2.75) is 30.6 Å². The molecule has 1 fully saturated rings. The summed E-state index contributed by atoms with van der Waals surface area (Å²) in [6, 6.07) is 11.6. The van der Waals surface area contributed by atoms with Gasteiger partial charge < -0.3 is 14.8 Å². The van der Waals surface area contributed by atoms with Crippen LogP contribution in [0.4, 0.5) is 10.1 Å². The fourth-order valence-electron chi connectivity index (χ4n) is 3.41. The van der Waals surface area contributed by atoms with Gasteiger partial charge in [-0.05, 0) is 55.3 Å². The Kier molecular flexibility index (Phi) is 7.29. The minimum absolute atomic E-state index is 0.0455. The van der Waals surface area contributed by atoms with Gasteiger partial charge >= 0.3 is 0 Å². The third kappa shape index (κ3) is 5.40. The summed E-state index contributed by atoms with van der Waals surface area (Å²) in [6.45, 7) is 1.35. The quantitative estimate of drug-likeness (QED) is 0.476. The average Bonchev–Trinajstić information content (AvgIpc) is 3.45. The van der Waals surface area contributed by atoms with Crippen molar-refractivity contribution < 1.29 is 18.7 Å². The van der Waals surface area contributed by atoms with E-state index in [2.05, 4.69) is 15.5 Å². The second-order valence-corrected chi connectivity index (χ2v) is 8.60. The highest BCUT2D eigenvalue weighted by molar-refractivity contribution is 7.99. The Hall–Kier alpha value is -2.62. The Morgan fingerprint density at radius 3 is 2.81 bits per heavy atom. The van der Waals surface area contributed by atoms with Crippen LogP contribution in [0.3, 0.4) is 0 Å². The molecule has 4 rings (SSSR count). The number of aromatic nitrogens is 3. The van der Waals surface area contributed by atoms with Gasteiger partial charge in [-0.3, -0.25) is 9.36 Å². The molecule has 32 heavy (non-hydrogen) atoms. The van der Waals surface area contributed by atoms with Crippen molar-refractivity contribution in [2.24, 2.45) is 0 Å². The van der Waals surface area contributed by atoms with E-state index < -0.39 is 5.82 Å². The van der Waals surface area contributed by atoms with Crippen LogP contribution in [0.2, 0.25) is 5.02 Å². The number of hydrogen-bond acceptors (Lipinski definition) is 6. The summed E-state index contributed by atoms with van der Waals surface area (Å²) in [4.78, 5) is 12.4. The summed E-state index contributed by atoms with van der Waals surface area (Å²) in [7, 11) is 1.62. The van der Waals surface area contributed by atoms with Gasteiger partial charge in [0.1, 0.15) is 11.6 Å². The second kappa shape index (κ2) is 10.3. The Bertz CT molecular complexity index is 1090. The number of thioether (sulfide) groups is 1. The van der Waals surface area contributed by atoms with Crippen LogP contribution in [0.1, 0.15) is 12.8 Å². The minimum Gasteiger partial charge on any atom is -0.497 e. The van der Waals surface area contributed by atoms with Gasteiger partial charge in [0.2, 0.25) is 5.91 Å². The molecular formula is C22H22ClFN4O3S. The number of hydrogen-bond donors (Lipinski definition) is 1. The largest absolute Gasteiger partial charge is 0.497 e. The van der Waals surface area contributed by atoms with E-state index in [-0.39, 0.29) is 22.8 Å². The van der Waals surface area contributed by atoms with Crippen LogP contribution in [0.25, 0.3) is 11.4 Å². The van der Waals surface area contributed by atoms with Crippen molar-refractivity contribution in [1.29, 1.82) is 0 Å². The predicted molar refractivity (Wildman–Crippen MR) is 122 cm³/mol. The van der Waals surface area contributed by atoms with Gasteiger partial charge in [0.05, 0.1) is 30.5 Å². The summed E-state index contributed by atoms with van der Waals surface area (Å²) in [5.41, 5.74) is 1.33. The Morgan fingerprint density at radius 1 is 1.31 bits per heavy atom. The van der Waals surface area contributed by atoms with E-state index in [9.17, 15) is 9.18 Å². The van der Waals surface area contributed by atoms with E-state index in [1.807, 2.05) is 28.8 Å². The van der Waals surface area contributed by atoms with Gasteiger partial charge in [-0.1, -0.05) is 23.4 Å². The maximum Gasteiger partial charge on any atom is 0.234 e. The molecule has 1 amide bonds. The number of ether oxygens (including phenoxy) is 2. The molecule has 3 aromatic rings. The predicted octanol–water partition coefficient (Wildman–Crippen LogP) is 4.66. The monoisotopic (exact) mass is 476 g/mol. The van der Waals surface area contributed by atoms with Crippen LogP contribution >= 0.6 is 23.4 Å². The molecule has 0 spiro atoms. The van der Waals surface area contributed by atoms with Crippen LogP contribution in [0.5, 0.6) is 5.75 Å². The van der Waals surface area contributed by atoms with Crippen LogP contribution in [-0.2, 0) is 16.1 Å². The molecule has 1 aliphatic rings. The summed E-state index contributed by atoms with van der Waals surface area (Å²) in [5.74, 6) is 0.784. The molecule has 1 atom stereocenters. The molecule has 0 aliphatic carbocycles. The number of benzene rings is 2. The zero-order valence-corrected chi connectivity index (χ0v) is 19.0. The van der Waals surface area contributed by atoms with E-state index in [4.69, 9.17) is 21.1 Å². The molecule has 0 saturated carbocycles. The van der Waals surface area contributed by atoms with Crippen molar-refractivity contribution in [3.63, 3.8) is 0 Å². The number of anilines is 1. The first-order valence-electron chi connectivity index (χ1n) is 10.1. The van der Waals surface area contributed by atoms with Gasteiger partial charge in [-0.2, -0.15) is 0 Å². The number of halogens is 2. The molecule has 1 aromatic heterocycles. The first-order valence-corrected chi connectivity index (χ1v) is 11.5. The highest BCUT2D eigenvalue weighted by atomic mass is 35.5. The third-order valence-electron chi connectivity index (χ3n) is 5.01. The number of carbonyl (C=O) groups is 1. The minimum atomic E-state index is -0.535. The Morgan fingerprint density at radius 2 is 2.12 bits per heavy atom. The summed E-state index contributed by atoms with van der Waals surface area (Å²) in [6.07, 6.45) is 2.07. The zero-order chi connectivity index (χ0) is 22.5. The molecule has 10 heteroatoms. The molecule has 168 valence electrons. The lowest BCUT2D eigenvalue weighted by Gasteiger charge is -2.15. The Balaban J connectivity index is 1.49. The smallest absolute Gasteiger partial charge is 0.234 e. The number of rotatable bonds is 8. The van der Waals surface area contributed by atoms with E-state index in [0.717, 1.165) is 30.8 Å². The highest BCUT2D eigenvalue weighted by Gasteiger charge is 2.22. The average molecular weight is 477 g/mol. The first-order chi connectivity index (χ1) is 15.5. The lowest BCUT2D eigenvalue weighted by Crippen LogP contribution is -2.18. The van der Waals surface area contributed by atoms with Crippen molar-refractivity contribution in [2.75, 3.05) is 24.8 Å². The van der Waals surface area contributed by atoms with Crippen molar-refractivity contribution in [3.05, 3.63) is 53.3 Å². The fourth-order valence-corrected chi connectivity index (χ4v) is 4.34. The molecule has 2 heterocycles. The normalized spacial score (nSPS) is 15.7. The zero-order valence-electron chi connectivity index (χ0n) is 17.4. The molecule has 0 bridgehead atoms. The molecule has 2 aromatic carbocycles. The van der Waals surface area contributed by atoms with Crippen LogP contribution in [0, 0.1) is 5.82 Å². The molecule has 1 unspecified atom stereocenters. The number of amides is 1. The number of methoxy groups -OCH3 is 1. The van der Waals surface area contributed by atoms with Crippen LogP contribution in [0.15, 0.2) is 47.6 Å². The molecule has 1 aliphatic heterocycles. The molecule has 1 N–H and O–H groups in total. The standard InChI is InChI=1S/C22H22ClFN4O3S/c1-30-16-7-4-14(5-8-16)21-26-27-22(28(21)12-17-3-2-10-31-17)32-13-20(29)25-15-6-9-19(24)18(23)11-15/h4-9,11,17H,2-3,10,12-13H2,1H3,(H,25,29). The van der Waals surface area contributed by atoms with E-state index in [1.165, 1.54) is 30.0 Å². The van der Waals surface area contributed by atoms with Gasteiger partial charge in [-0.15, -0.1) is 10.2 Å². The van der Waals surface area contributed by atoms with E-state index >= 15 is 0 Å². The van der Waals surface area contributed by atoms with Gasteiger partial charge in [0.25, 0.3) is 0 Å². The lowest BCUT2D eigenvalue weighted by molar-refractivity contribution is -0.113. The third-order valence-corrected chi connectivity index (χ3v) is 6.27. The Labute approximate surface area is 194 Å². The second-order valence-electron chi connectivity index (χ2n) is 7.25. The van der Waals surface area contributed by atoms with Crippen molar-refractivity contribution in [1.82, 2.24) is 14.8 Å². The topological polar surface area (TPSA) is 78.3 Å². The molecule has 0 radical (unpaired) electrons. The summed E-state index contributed by atoms with van der Waals surface area (Å²) >= 11 is 7.06. The van der Waals surface area contributed by atoms with Gasteiger partial charge in [-0.25, -0.2) is 4.39 Å². The van der Waals surface area contributed by atoms with E-state index in [1.54, 1.807) is 7.11 Å². The maximum atomic E-state index is 13.3. The van der Waals surface area contributed by atoms with Crippen LogP contribution in [-0.4, -0.2) is 46.2 Å². The lowest BCUT2D eigenvalue weighted by atomic mass is 10.2. The number of nitrogens with one attached hydrogen (secondary N) is 1. The molecule has 7 nitrogen and oxygen atoms in total. The van der Waals surface area contributed by atoms with Crippen molar-refractivity contribution >= 4 is 35.0 Å². The van der Waals surface area contributed by atoms with Gasteiger partial charge in [0.15, 0.2) is 11.0 Å². The van der Waals surface area contributed by atoms with Gasteiger partial charge in [0, 0.05) is 17.9 Å². The SMILES string of the molecule is COc1ccc(-c2nnc(SCC(=O)Nc3ccc(F)c(Cl)c3)n2CC2CCCO2)cc1. The van der Waals surface area contributed by atoms with E-state index in [0.29, 0.717) is 23.2 Å². The molecule has 1 saturated heterocycles. The van der Waals surface area contributed by atoms with Crippen molar-refractivity contribution in [3.8, 4) is 17.1 Å². The van der Waals surface area contributed by atoms with Crippen LogP contribution < -0.4 is 10.1 Å².